The largest absolute Gasteiger partial charge is 0.352 e. The van der Waals surface area contributed by atoms with Crippen LogP contribution in [-0.4, -0.2) is 18.4 Å². The van der Waals surface area contributed by atoms with Gasteiger partial charge < -0.3 is 10.6 Å². The zero-order chi connectivity index (χ0) is 16.7. The van der Waals surface area contributed by atoms with E-state index in [1.807, 2.05) is 22.2 Å². The van der Waals surface area contributed by atoms with Crippen LogP contribution in [0.2, 0.25) is 0 Å². The van der Waals surface area contributed by atoms with Crippen molar-refractivity contribution in [3.63, 3.8) is 0 Å². The molecule has 0 aromatic carbocycles. The van der Waals surface area contributed by atoms with Gasteiger partial charge in [0.05, 0.1) is 6.04 Å². The standard InChI is InChI=1S/C17H22N2O2S2/c1-12(2)16(14-5-4-9-23-14)19-15(20)6-3-8-18-17(21)13-7-10-22-11-13/h4-5,7,9-12,16H,3,6,8H2,1-2H3,(H,18,21)(H,19,20)/t16-/m0/s1. The van der Waals surface area contributed by atoms with E-state index in [0.29, 0.717) is 30.9 Å². The van der Waals surface area contributed by atoms with Crippen molar-refractivity contribution in [3.05, 3.63) is 44.8 Å². The van der Waals surface area contributed by atoms with Gasteiger partial charge in [-0.1, -0.05) is 19.9 Å². The third-order valence-electron chi connectivity index (χ3n) is 3.48. The van der Waals surface area contributed by atoms with Crippen LogP contribution in [0.5, 0.6) is 0 Å². The molecule has 124 valence electrons. The molecule has 2 aromatic rings. The zero-order valence-electron chi connectivity index (χ0n) is 13.4. The third kappa shape index (κ3) is 5.48. The number of rotatable bonds is 8. The van der Waals surface area contributed by atoms with Crippen molar-refractivity contribution in [2.45, 2.75) is 32.7 Å². The molecule has 6 heteroatoms. The molecule has 0 saturated heterocycles. The molecule has 23 heavy (non-hydrogen) atoms. The first-order valence-electron chi connectivity index (χ1n) is 7.71. The molecule has 0 unspecified atom stereocenters. The summed E-state index contributed by atoms with van der Waals surface area (Å²) in [5, 5.41) is 11.6. The first-order chi connectivity index (χ1) is 11.1. The maximum Gasteiger partial charge on any atom is 0.252 e. The van der Waals surface area contributed by atoms with Gasteiger partial charge >= 0.3 is 0 Å². The van der Waals surface area contributed by atoms with Gasteiger partial charge in [0.2, 0.25) is 5.91 Å². The number of nitrogens with one attached hydrogen (secondary N) is 2. The molecule has 0 aliphatic carbocycles. The highest BCUT2D eigenvalue weighted by atomic mass is 32.1. The normalized spacial score (nSPS) is 12.1. The summed E-state index contributed by atoms with van der Waals surface area (Å²) in [7, 11) is 0. The van der Waals surface area contributed by atoms with E-state index in [4.69, 9.17) is 0 Å². The zero-order valence-corrected chi connectivity index (χ0v) is 15.0. The molecular weight excluding hydrogens is 328 g/mol. The quantitative estimate of drug-likeness (QED) is 0.711. The van der Waals surface area contributed by atoms with Crippen LogP contribution in [0.15, 0.2) is 34.3 Å². The molecular formula is C17H22N2O2S2. The Morgan fingerprint density at radius 1 is 1.22 bits per heavy atom. The first kappa shape index (κ1) is 17.7. The van der Waals surface area contributed by atoms with Gasteiger partial charge in [-0.15, -0.1) is 11.3 Å². The fourth-order valence-corrected chi connectivity index (χ4v) is 3.81. The maximum atomic E-state index is 12.1. The molecule has 0 spiro atoms. The SMILES string of the molecule is CC(C)[C@H](NC(=O)CCCNC(=O)c1ccsc1)c1cccs1. The van der Waals surface area contributed by atoms with Crippen LogP contribution in [0.3, 0.4) is 0 Å². The highest BCUT2D eigenvalue weighted by molar-refractivity contribution is 7.10. The molecule has 2 N–H and O–H groups in total. The minimum Gasteiger partial charge on any atom is -0.352 e. The van der Waals surface area contributed by atoms with Crippen LogP contribution in [0.25, 0.3) is 0 Å². The summed E-state index contributed by atoms with van der Waals surface area (Å²) < 4.78 is 0. The Balaban J connectivity index is 1.71. The summed E-state index contributed by atoms with van der Waals surface area (Å²) in [5.41, 5.74) is 0.678. The van der Waals surface area contributed by atoms with Gasteiger partial charge in [0, 0.05) is 28.8 Å². The molecule has 0 radical (unpaired) electrons. The molecule has 1 atom stereocenters. The molecule has 0 aliphatic rings. The van der Waals surface area contributed by atoms with Gasteiger partial charge in [0.15, 0.2) is 0 Å². The summed E-state index contributed by atoms with van der Waals surface area (Å²) in [5.74, 6) is 0.295. The predicted molar refractivity (Wildman–Crippen MR) is 95.9 cm³/mol. The van der Waals surface area contributed by atoms with Gasteiger partial charge in [0.25, 0.3) is 5.91 Å². The van der Waals surface area contributed by atoms with Crippen molar-refractivity contribution in [1.29, 1.82) is 0 Å². The Labute approximate surface area is 144 Å². The summed E-state index contributed by atoms with van der Waals surface area (Å²) in [6.07, 6.45) is 1.05. The van der Waals surface area contributed by atoms with Crippen molar-refractivity contribution in [1.82, 2.24) is 10.6 Å². The number of hydrogen-bond donors (Lipinski definition) is 2. The molecule has 0 aliphatic heterocycles. The smallest absolute Gasteiger partial charge is 0.252 e. The van der Waals surface area contributed by atoms with E-state index < -0.39 is 0 Å². The van der Waals surface area contributed by atoms with Crippen LogP contribution in [-0.2, 0) is 4.79 Å². The summed E-state index contributed by atoms with van der Waals surface area (Å²) >= 11 is 3.16. The predicted octanol–water partition coefficient (Wildman–Crippen LogP) is 3.83. The van der Waals surface area contributed by atoms with E-state index in [-0.39, 0.29) is 17.9 Å². The van der Waals surface area contributed by atoms with E-state index in [1.54, 1.807) is 17.4 Å². The van der Waals surface area contributed by atoms with Crippen LogP contribution in [0.1, 0.15) is 48.0 Å². The van der Waals surface area contributed by atoms with E-state index in [9.17, 15) is 9.59 Å². The monoisotopic (exact) mass is 350 g/mol. The molecule has 2 heterocycles. The van der Waals surface area contributed by atoms with Gasteiger partial charge in [-0.25, -0.2) is 0 Å². The van der Waals surface area contributed by atoms with Crippen LogP contribution in [0.4, 0.5) is 0 Å². The first-order valence-corrected chi connectivity index (χ1v) is 9.53. The molecule has 2 aromatic heterocycles. The Morgan fingerprint density at radius 2 is 2.04 bits per heavy atom. The fourth-order valence-electron chi connectivity index (χ4n) is 2.23. The summed E-state index contributed by atoms with van der Waals surface area (Å²) in [4.78, 5) is 25.1. The molecule has 0 bridgehead atoms. The second-order valence-corrected chi connectivity index (χ2v) is 7.44. The van der Waals surface area contributed by atoms with E-state index in [0.717, 1.165) is 0 Å². The lowest BCUT2D eigenvalue weighted by atomic mass is 10.0. The molecule has 2 rings (SSSR count). The van der Waals surface area contributed by atoms with E-state index in [2.05, 4.69) is 30.5 Å². The van der Waals surface area contributed by atoms with Gasteiger partial charge in [-0.2, -0.15) is 11.3 Å². The lowest BCUT2D eigenvalue weighted by Crippen LogP contribution is -2.32. The highest BCUT2D eigenvalue weighted by Crippen LogP contribution is 2.25. The fraction of sp³-hybridized carbons (Fsp3) is 0.412. The second-order valence-electron chi connectivity index (χ2n) is 5.68. The van der Waals surface area contributed by atoms with Crippen molar-refractivity contribution in [2.24, 2.45) is 5.92 Å². The summed E-state index contributed by atoms with van der Waals surface area (Å²) in [6, 6.07) is 5.90. The maximum absolute atomic E-state index is 12.1. The average Bonchev–Trinajstić information content (AvgIpc) is 3.21. The Morgan fingerprint density at radius 3 is 2.65 bits per heavy atom. The number of amides is 2. The van der Waals surface area contributed by atoms with E-state index in [1.165, 1.54) is 16.2 Å². The highest BCUT2D eigenvalue weighted by Gasteiger charge is 2.18. The van der Waals surface area contributed by atoms with Crippen molar-refractivity contribution >= 4 is 34.5 Å². The molecule has 2 amide bonds. The third-order valence-corrected chi connectivity index (χ3v) is 5.12. The number of carbonyl (C=O) groups excluding carboxylic acids is 2. The van der Waals surface area contributed by atoms with Crippen molar-refractivity contribution < 1.29 is 9.59 Å². The number of carbonyl (C=O) groups is 2. The van der Waals surface area contributed by atoms with Gasteiger partial charge in [0.1, 0.15) is 0 Å². The average molecular weight is 351 g/mol. The lowest BCUT2D eigenvalue weighted by Gasteiger charge is -2.21. The molecule has 0 saturated carbocycles. The van der Waals surface area contributed by atoms with E-state index >= 15 is 0 Å². The molecule has 4 nitrogen and oxygen atoms in total. The Hall–Kier alpha value is -1.66. The Kier molecular flexibility index (Phi) is 6.80. The van der Waals surface area contributed by atoms with Crippen LogP contribution in [0, 0.1) is 5.92 Å². The number of thiophene rings is 2. The van der Waals surface area contributed by atoms with Crippen LogP contribution < -0.4 is 10.6 Å². The van der Waals surface area contributed by atoms with Crippen molar-refractivity contribution in [2.75, 3.05) is 6.54 Å². The summed E-state index contributed by atoms with van der Waals surface area (Å²) in [6.45, 7) is 4.71. The van der Waals surface area contributed by atoms with Gasteiger partial charge in [-0.05, 0) is 35.2 Å². The van der Waals surface area contributed by atoms with Crippen LogP contribution >= 0.6 is 22.7 Å². The minimum absolute atomic E-state index is 0.0295. The van der Waals surface area contributed by atoms with Crippen molar-refractivity contribution in [3.8, 4) is 0 Å². The second kappa shape index (κ2) is 8.84. The number of hydrogen-bond acceptors (Lipinski definition) is 4. The lowest BCUT2D eigenvalue weighted by molar-refractivity contribution is -0.122. The molecule has 0 fully saturated rings. The van der Waals surface area contributed by atoms with Gasteiger partial charge in [-0.3, -0.25) is 9.59 Å². The minimum atomic E-state index is -0.0784. The Bertz CT molecular complexity index is 607. The topological polar surface area (TPSA) is 58.2 Å².